The molecule has 0 radical (unpaired) electrons. The number of carbonyl (C=O) groups is 1. The van der Waals surface area contributed by atoms with Gasteiger partial charge in [-0.15, -0.1) is 23.5 Å². The van der Waals surface area contributed by atoms with E-state index in [1.54, 1.807) is 30.4 Å². The zero-order valence-corrected chi connectivity index (χ0v) is 31.5. The van der Waals surface area contributed by atoms with Crippen molar-refractivity contribution in [3.8, 4) is 11.5 Å². The number of ketones is 1. The van der Waals surface area contributed by atoms with Crippen molar-refractivity contribution < 1.29 is 20.1 Å². The fourth-order valence-corrected chi connectivity index (χ4v) is 7.23. The van der Waals surface area contributed by atoms with Crippen LogP contribution < -0.4 is 0 Å². The van der Waals surface area contributed by atoms with Crippen LogP contribution in [0, 0.1) is 0 Å². The van der Waals surface area contributed by atoms with Crippen molar-refractivity contribution in [2.75, 3.05) is 11.5 Å². The topological polar surface area (TPSA) is 77.8 Å². The van der Waals surface area contributed by atoms with Gasteiger partial charge in [-0.2, -0.15) is 0 Å². The minimum absolute atomic E-state index is 0.0999. The predicted molar refractivity (Wildman–Crippen MR) is 191 cm³/mol. The van der Waals surface area contributed by atoms with Crippen LogP contribution in [0.4, 0.5) is 0 Å². The molecule has 2 rings (SSSR count). The first-order chi connectivity index (χ1) is 19.8. The molecule has 0 fully saturated rings. The highest BCUT2D eigenvalue weighted by Crippen LogP contribution is 2.43. The van der Waals surface area contributed by atoms with E-state index in [2.05, 4.69) is 107 Å². The monoisotopic (exact) mass is 644 g/mol. The van der Waals surface area contributed by atoms with Crippen LogP contribution >= 0.6 is 23.5 Å². The van der Waals surface area contributed by atoms with E-state index < -0.39 is 5.60 Å². The van der Waals surface area contributed by atoms with Crippen LogP contribution in [-0.4, -0.2) is 38.2 Å². The van der Waals surface area contributed by atoms with Crippen molar-refractivity contribution in [3.05, 3.63) is 46.5 Å². The Morgan fingerprint density at radius 3 is 1.23 bits per heavy atom. The lowest BCUT2D eigenvalue weighted by molar-refractivity contribution is -0.123. The lowest BCUT2D eigenvalue weighted by Crippen LogP contribution is -2.28. The van der Waals surface area contributed by atoms with Crippen molar-refractivity contribution in [2.45, 2.75) is 159 Å². The number of carbonyl (C=O) groups excluding carboxylic acids is 1. The van der Waals surface area contributed by atoms with Crippen LogP contribution in [0.3, 0.4) is 0 Å². The molecule has 4 nitrogen and oxygen atoms in total. The summed E-state index contributed by atoms with van der Waals surface area (Å²) in [6.45, 7) is 27.2. The molecule has 0 aliphatic rings. The van der Waals surface area contributed by atoms with Crippen LogP contribution in [0.15, 0.2) is 34.1 Å². The third kappa shape index (κ3) is 11.3. The maximum Gasteiger partial charge on any atom is 0.135 e. The van der Waals surface area contributed by atoms with Gasteiger partial charge < -0.3 is 15.3 Å². The highest BCUT2D eigenvalue weighted by atomic mass is 32.2. The van der Waals surface area contributed by atoms with Gasteiger partial charge in [0, 0.05) is 44.9 Å². The van der Waals surface area contributed by atoms with E-state index in [0.717, 1.165) is 56.4 Å². The van der Waals surface area contributed by atoms with Crippen LogP contribution in [0.2, 0.25) is 0 Å². The summed E-state index contributed by atoms with van der Waals surface area (Å²) in [4.78, 5) is 15.1. The molecule has 0 heterocycles. The fraction of sp³-hybridized carbons (Fsp3) is 0.658. The number of aromatic hydroxyl groups is 2. The summed E-state index contributed by atoms with van der Waals surface area (Å²) < 4.78 is 0. The average Bonchev–Trinajstić information content (AvgIpc) is 2.82. The molecule has 0 aliphatic carbocycles. The van der Waals surface area contributed by atoms with E-state index in [4.69, 9.17) is 0 Å². The van der Waals surface area contributed by atoms with Crippen molar-refractivity contribution in [1.82, 2.24) is 0 Å². The summed E-state index contributed by atoms with van der Waals surface area (Å²) in [5.74, 6) is 2.52. The first-order valence-electron chi connectivity index (χ1n) is 16.1. The molecule has 44 heavy (non-hydrogen) atoms. The van der Waals surface area contributed by atoms with Gasteiger partial charge in [0.05, 0.1) is 5.60 Å². The Bertz CT molecular complexity index is 1210. The van der Waals surface area contributed by atoms with Crippen LogP contribution in [0.1, 0.15) is 144 Å². The van der Waals surface area contributed by atoms with Gasteiger partial charge in [0.2, 0.25) is 0 Å². The number of hydrogen-bond donors (Lipinski definition) is 3. The molecule has 0 spiro atoms. The maximum absolute atomic E-state index is 12.8. The van der Waals surface area contributed by atoms with E-state index in [-0.39, 0.29) is 33.9 Å². The summed E-state index contributed by atoms with van der Waals surface area (Å²) in [6, 6.07) is 8.37. The van der Waals surface area contributed by atoms with Crippen LogP contribution in [-0.2, 0) is 26.5 Å². The molecule has 248 valence electrons. The van der Waals surface area contributed by atoms with Gasteiger partial charge in [0.15, 0.2) is 0 Å². The third-order valence-corrected chi connectivity index (χ3v) is 10.1. The molecule has 0 amide bonds. The Labute approximate surface area is 277 Å². The maximum atomic E-state index is 12.8. The molecule has 0 aliphatic heterocycles. The number of hydrogen-bond acceptors (Lipinski definition) is 6. The van der Waals surface area contributed by atoms with Gasteiger partial charge in [0.1, 0.15) is 17.3 Å². The van der Waals surface area contributed by atoms with Gasteiger partial charge in [-0.05, 0) is 83.6 Å². The van der Waals surface area contributed by atoms with Crippen LogP contribution in [0.5, 0.6) is 11.5 Å². The summed E-state index contributed by atoms with van der Waals surface area (Å²) in [6.07, 6.45) is 2.73. The first kappa shape index (κ1) is 38.6. The van der Waals surface area contributed by atoms with E-state index in [1.165, 1.54) is 0 Å². The van der Waals surface area contributed by atoms with Gasteiger partial charge >= 0.3 is 0 Å². The number of aliphatic hydroxyl groups is 1. The van der Waals surface area contributed by atoms with Gasteiger partial charge in [-0.3, -0.25) is 4.79 Å². The Hall–Kier alpha value is -1.63. The molecule has 0 saturated carbocycles. The number of phenols is 2. The molecule has 0 saturated heterocycles. The Balaban J connectivity index is 1.91. The second-order valence-electron chi connectivity index (χ2n) is 16.9. The van der Waals surface area contributed by atoms with Crippen molar-refractivity contribution >= 4 is 29.3 Å². The van der Waals surface area contributed by atoms with E-state index in [1.807, 2.05) is 0 Å². The minimum atomic E-state index is -1.02. The number of rotatable bonds is 12. The van der Waals surface area contributed by atoms with Gasteiger partial charge in [-0.25, -0.2) is 0 Å². The molecule has 2 aromatic carbocycles. The lowest BCUT2D eigenvalue weighted by atomic mass is 9.79. The van der Waals surface area contributed by atoms with Crippen molar-refractivity contribution in [3.63, 3.8) is 0 Å². The normalized spacial score (nSPS) is 14.5. The van der Waals surface area contributed by atoms with Crippen LogP contribution in [0.25, 0.3) is 0 Å². The first-order valence-corrected chi connectivity index (χ1v) is 18.1. The van der Waals surface area contributed by atoms with E-state index in [0.29, 0.717) is 24.3 Å². The SMILES string of the molecule is CC(O)(CCCSc1cc(C(C)(C)C)c(O)c(C(C)(C)C)c1)CC(=O)CCCSc1cc(C(C)(C)C)c(O)c(C(C)(C)C)c1. The highest BCUT2D eigenvalue weighted by molar-refractivity contribution is 7.99. The summed E-state index contributed by atoms with van der Waals surface area (Å²) in [5.41, 5.74) is 2.11. The molecule has 0 aromatic heterocycles. The summed E-state index contributed by atoms with van der Waals surface area (Å²) in [5, 5.41) is 33.0. The van der Waals surface area contributed by atoms with E-state index in [9.17, 15) is 20.1 Å². The van der Waals surface area contributed by atoms with Gasteiger partial charge in [-0.1, -0.05) is 83.1 Å². The Morgan fingerprint density at radius 2 is 0.909 bits per heavy atom. The Kier molecular flexibility index (Phi) is 12.6. The lowest BCUT2D eigenvalue weighted by Gasteiger charge is -2.28. The molecule has 1 unspecified atom stereocenters. The standard InChI is InChI=1S/C38H60O4S2/c1-34(2,3)28-20-26(21-29(32(28)40)35(4,5)6)43-18-14-16-25(39)24-38(13,42)17-15-19-44-27-22-30(36(7,8)9)33(41)31(23-27)37(10,11)12/h20-23,40-42H,14-19,24H2,1-13H3. The number of Topliss-reactive ketones (excluding diaryl/α,β-unsaturated/α-hetero) is 1. The van der Waals surface area contributed by atoms with Gasteiger partial charge in [0.25, 0.3) is 0 Å². The minimum Gasteiger partial charge on any atom is -0.507 e. The average molecular weight is 645 g/mol. The summed E-state index contributed by atoms with van der Waals surface area (Å²) in [7, 11) is 0. The second-order valence-corrected chi connectivity index (χ2v) is 19.2. The van der Waals surface area contributed by atoms with Crippen molar-refractivity contribution in [2.24, 2.45) is 0 Å². The smallest absolute Gasteiger partial charge is 0.135 e. The molecule has 6 heteroatoms. The third-order valence-electron chi connectivity index (χ3n) is 7.97. The zero-order chi connectivity index (χ0) is 33.9. The number of thioether (sulfide) groups is 2. The second kappa shape index (κ2) is 14.4. The molecule has 1 atom stereocenters. The van der Waals surface area contributed by atoms with Crippen molar-refractivity contribution in [1.29, 1.82) is 0 Å². The molecule has 2 aromatic rings. The largest absolute Gasteiger partial charge is 0.507 e. The fourth-order valence-electron chi connectivity index (χ4n) is 5.37. The summed E-state index contributed by atoms with van der Waals surface area (Å²) >= 11 is 3.47. The van der Waals surface area contributed by atoms with E-state index >= 15 is 0 Å². The zero-order valence-electron chi connectivity index (χ0n) is 29.8. The molecule has 0 bridgehead atoms. The molecular formula is C38H60O4S2. The Morgan fingerprint density at radius 1 is 0.591 bits per heavy atom. The number of benzene rings is 2. The predicted octanol–water partition coefficient (Wildman–Crippen LogP) is 10.4. The number of phenolic OH excluding ortho intramolecular Hbond substituents is 2. The quantitative estimate of drug-likeness (QED) is 0.158. The highest BCUT2D eigenvalue weighted by Gasteiger charge is 2.29. The molecular weight excluding hydrogens is 585 g/mol. The molecule has 3 N–H and O–H groups in total.